The molecule has 13 heteroatoms. The normalized spacial score (nSPS) is 12.2. The smallest absolute Gasteiger partial charge is 0.378 e. The van der Waals surface area contributed by atoms with Crippen LogP contribution in [-0.4, -0.2) is 34.6 Å². The van der Waals surface area contributed by atoms with Crippen molar-refractivity contribution in [1.29, 1.82) is 0 Å². The summed E-state index contributed by atoms with van der Waals surface area (Å²) in [7, 11) is -0.979. The van der Waals surface area contributed by atoms with Gasteiger partial charge in [-0.15, -0.1) is 0 Å². The van der Waals surface area contributed by atoms with Gasteiger partial charge in [0.1, 0.15) is 0 Å². The van der Waals surface area contributed by atoms with Crippen LogP contribution in [0.25, 0.3) is 0 Å². The second-order valence-electron chi connectivity index (χ2n) is 7.42. The van der Waals surface area contributed by atoms with Crippen LogP contribution in [0.15, 0.2) is 59.6 Å². The number of allylic oxidation sites excluding steroid dienone is 1. The first-order valence-electron chi connectivity index (χ1n) is 9.57. The summed E-state index contributed by atoms with van der Waals surface area (Å²) in [6.07, 6.45) is -11.3. The van der Waals surface area contributed by atoms with Crippen LogP contribution < -0.4 is 14.9 Å². The molecule has 0 heterocycles. The van der Waals surface area contributed by atoms with E-state index in [0.717, 1.165) is 6.07 Å². The molecule has 0 aromatic heterocycles. The Labute approximate surface area is 192 Å². The molecule has 186 valence electrons. The van der Waals surface area contributed by atoms with Crippen molar-refractivity contribution in [1.82, 2.24) is 5.32 Å². The summed E-state index contributed by atoms with van der Waals surface area (Å²) in [5.41, 5.74) is -2.14. The van der Waals surface area contributed by atoms with Crippen molar-refractivity contribution in [3.05, 3.63) is 65.9 Å². The average Bonchev–Trinajstić information content (AvgIpc) is 2.70. The zero-order valence-electron chi connectivity index (χ0n) is 18.0. The third-order valence-electron chi connectivity index (χ3n) is 4.50. The molecule has 0 unspecified atom stereocenters. The number of nitrogens with zero attached hydrogens (tertiary/aromatic N) is 1. The highest BCUT2D eigenvalue weighted by molar-refractivity contribution is 7.92. The van der Waals surface area contributed by atoms with Crippen molar-refractivity contribution in [3.63, 3.8) is 0 Å². The number of hydrogen-bond donors (Lipinski definition) is 2. The van der Waals surface area contributed by atoms with Gasteiger partial charge in [0.25, 0.3) is 15.9 Å². The molecule has 0 radical (unpaired) electrons. The number of amides is 1. The van der Waals surface area contributed by atoms with Gasteiger partial charge in [0, 0.05) is 31.9 Å². The Morgan fingerprint density at radius 3 is 2.09 bits per heavy atom. The summed E-state index contributed by atoms with van der Waals surface area (Å²) in [5, 5.41) is 2.06. The molecule has 0 fully saturated rings. The fraction of sp³-hybridized carbons (Fsp3) is 0.286. The van der Waals surface area contributed by atoms with Gasteiger partial charge in [-0.1, -0.05) is 6.58 Å². The minimum atomic E-state index is -4.85. The van der Waals surface area contributed by atoms with Gasteiger partial charge in [-0.3, -0.25) is 9.52 Å². The van der Waals surface area contributed by atoms with Gasteiger partial charge in [-0.25, -0.2) is 8.42 Å². The van der Waals surface area contributed by atoms with E-state index in [1.807, 2.05) is 4.72 Å². The van der Waals surface area contributed by atoms with Crippen molar-refractivity contribution in [3.8, 4) is 0 Å². The Kier molecular flexibility index (Phi) is 7.91. The molecule has 34 heavy (non-hydrogen) atoms. The lowest BCUT2D eigenvalue weighted by molar-refractivity contribution is -0.137. The van der Waals surface area contributed by atoms with Crippen LogP contribution in [0.2, 0.25) is 0 Å². The van der Waals surface area contributed by atoms with Gasteiger partial charge < -0.3 is 10.2 Å². The minimum absolute atomic E-state index is 0.281. The number of carbonyl (C=O) groups is 1. The molecule has 0 aliphatic carbocycles. The lowest BCUT2D eigenvalue weighted by atomic mass is 10.1. The molecular formula is C21H21F6N3O3S. The summed E-state index contributed by atoms with van der Waals surface area (Å²) in [6, 6.07) is 7.10. The molecule has 0 aliphatic rings. The average molecular weight is 509 g/mol. The Bertz CT molecular complexity index is 1160. The second-order valence-corrected chi connectivity index (χ2v) is 9.11. The number of halogens is 6. The summed E-state index contributed by atoms with van der Waals surface area (Å²) in [6.45, 7) is 3.30. The van der Waals surface area contributed by atoms with E-state index in [4.69, 9.17) is 0 Å². The van der Waals surface area contributed by atoms with E-state index >= 15 is 0 Å². The van der Waals surface area contributed by atoms with E-state index in [1.54, 1.807) is 19.0 Å². The van der Waals surface area contributed by atoms with Gasteiger partial charge in [-0.2, -0.15) is 26.3 Å². The molecule has 1 amide bonds. The Balaban J connectivity index is 2.38. The van der Waals surface area contributed by atoms with Gasteiger partial charge in [0.2, 0.25) is 0 Å². The molecular weight excluding hydrogens is 488 g/mol. The molecule has 0 saturated heterocycles. The molecule has 6 nitrogen and oxygen atoms in total. The monoisotopic (exact) mass is 509 g/mol. The number of nitrogens with one attached hydrogen (secondary N) is 2. The first kappa shape index (κ1) is 27.0. The third kappa shape index (κ3) is 7.40. The zero-order chi connectivity index (χ0) is 25.9. The number of rotatable bonds is 8. The Hall–Kier alpha value is -3.22. The molecule has 0 saturated carbocycles. The van der Waals surface area contributed by atoms with Gasteiger partial charge in [-0.05, 0) is 48.9 Å². The maximum Gasteiger partial charge on any atom is 0.416 e. The predicted octanol–water partition coefficient (Wildman–Crippen LogP) is 5.16. The van der Waals surface area contributed by atoms with Crippen molar-refractivity contribution in [2.24, 2.45) is 0 Å². The van der Waals surface area contributed by atoms with Crippen LogP contribution in [0.4, 0.5) is 37.7 Å². The van der Waals surface area contributed by atoms with E-state index in [1.165, 1.54) is 24.3 Å². The molecule has 2 N–H and O–H groups in total. The van der Waals surface area contributed by atoms with Crippen LogP contribution in [-0.2, 0) is 16.2 Å². The van der Waals surface area contributed by atoms with Gasteiger partial charge in [0.05, 0.1) is 21.7 Å². The van der Waals surface area contributed by atoms with E-state index in [-0.39, 0.29) is 10.6 Å². The number of benzene rings is 2. The number of sulfonamides is 1. The largest absolute Gasteiger partial charge is 0.416 e. The topological polar surface area (TPSA) is 78.5 Å². The van der Waals surface area contributed by atoms with Crippen molar-refractivity contribution >= 4 is 27.3 Å². The molecule has 0 atom stereocenters. The molecule has 2 aromatic rings. The Morgan fingerprint density at radius 2 is 1.59 bits per heavy atom. The van der Waals surface area contributed by atoms with Crippen molar-refractivity contribution in [2.45, 2.75) is 30.1 Å². The summed E-state index contributed by atoms with van der Waals surface area (Å²) >= 11 is 0. The maximum absolute atomic E-state index is 13.2. The molecule has 0 bridgehead atoms. The van der Waals surface area contributed by atoms with E-state index < -0.39 is 57.9 Å². The number of carbonyl (C=O) groups excluding carboxylic acids is 1. The third-order valence-corrected chi connectivity index (χ3v) is 5.88. The lowest BCUT2D eigenvalue weighted by Crippen LogP contribution is -2.25. The number of alkyl halides is 6. The second kappa shape index (κ2) is 9.95. The highest BCUT2D eigenvalue weighted by Crippen LogP contribution is 2.33. The molecule has 0 aliphatic heterocycles. The van der Waals surface area contributed by atoms with Gasteiger partial charge in [0.15, 0.2) is 0 Å². The molecule has 2 rings (SSSR count). The molecule has 2 aromatic carbocycles. The highest BCUT2D eigenvalue weighted by Gasteiger charge is 2.32. The predicted molar refractivity (Wildman–Crippen MR) is 115 cm³/mol. The first-order chi connectivity index (χ1) is 15.5. The summed E-state index contributed by atoms with van der Waals surface area (Å²) < 4.78 is 104. The first-order valence-corrected chi connectivity index (χ1v) is 11.1. The highest BCUT2D eigenvalue weighted by atomic mass is 32.2. The van der Waals surface area contributed by atoms with Crippen LogP contribution in [0.1, 0.15) is 28.8 Å². The van der Waals surface area contributed by atoms with Crippen LogP contribution in [0, 0.1) is 0 Å². The fourth-order valence-corrected chi connectivity index (χ4v) is 3.78. The fourth-order valence-electron chi connectivity index (χ4n) is 2.71. The lowest BCUT2D eigenvalue weighted by Gasteiger charge is -2.17. The van der Waals surface area contributed by atoms with Crippen LogP contribution >= 0.6 is 0 Å². The van der Waals surface area contributed by atoms with Gasteiger partial charge >= 0.3 is 12.4 Å². The standard InChI is InChI=1S/C21H21F6N3O3S/c1-13(10-11-20(22,23)24)28-19(31)17-9-4-14(21(25,26)27)12-18(17)29-34(32,33)16-7-5-15(6-8-16)30(2)3/h4-9,12,29H,1,10-11H2,2-3H3,(H,28,31). The minimum Gasteiger partial charge on any atom is -0.378 e. The maximum atomic E-state index is 13.2. The Morgan fingerprint density at radius 1 is 1.00 bits per heavy atom. The quantitative estimate of drug-likeness (QED) is 0.482. The zero-order valence-corrected chi connectivity index (χ0v) is 18.8. The SMILES string of the molecule is C=C(CCC(F)(F)F)NC(=O)c1ccc(C(F)(F)F)cc1NS(=O)(=O)c1ccc(N(C)C)cc1. The number of hydrogen-bond acceptors (Lipinski definition) is 4. The van der Waals surface area contributed by atoms with E-state index in [9.17, 15) is 39.6 Å². The van der Waals surface area contributed by atoms with E-state index in [2.05, 4.69) is 11.9 Å². The van der Waals surface area contributed by atoms with Crippen molar-refractivity contribution in [2.75, 3.05) is 23.7 Å². The van der Waals surface area contributed by atoms with E-state index in [0.29, 0.717) is 17.8 Å². The molecule has 0 spiro atoms. The van der Waals surface area contributed by atoms with Crippen LogP contribution in [0.3, 0.4) is 0 Å². The van der Waals surface area contributed by atoms with Crippen molar-refractivity contribution < 1.29 is 39.6 Å². The number of anilines is 2. The summed E-state index contributed by atoms with van der Waals surface area (Å²) in [4.78, 5) is 13.9. The summed E-state index contributed by atoms with van der Waals surface area (Å²) in [5.74, 6) is -1.12. The van der Waals surface area contributed by atoms with Crippen LogP contribution in [0.5, 0.6) is 0 Å².